The third kappa shape index (κ3) is 2.02. The zero-order chi connectivity index (χ0) is 12.3. The highest BCUT2D eigenvalue weighted by Crippen LogP contribution is 2.16. The van der Waals surface area contributed by atoms with E-state index in [-0.39, 0.29) is 11.5 Å². The predicted molar refractivity (Wildman–Crippen MR) is 60.0 cm³/mol. The van der Waals surface area contributed by atoms with Crippen LogP contribution < -0.4 is 0 Å². The Morgan fingerprint density at radius 3 is 2.82 bits per heavy atom. The van der Waals surface area contributed by atoms with Crippen LogP contribution >= 0.6 is 0 Å². The number of halogens is 1. The maximum atomic E-state index is 13.6. The Morgan fingerprint density at radius 1 is 1.41 bits per heavy atom. The summed E-state index contributed by atoms with van der Waals surface area (Å²) in [5.41, 5.74) is 1.24. The molecule has 0 aliphatic rings. The molecule has 1 aromatic carbocycles. The zero-order valence-corrected chi connectivity index (χ0v) is 9.39. The van der Waals surface area contributed by atoms with Crippen LogP contribution in [0, 0.1) is 17.1 Å². The van der Waals surface area contributed by atoms with E-state index in [1.54, 1.807) is 18.2 Å². The van der Waals surface area contributed by atoms with Crippen molar-refractivity contribution < 1.29 is 4.39 Å². The third-order valence-corrected chi connectivity index (χ3v) is 2.44. The van der Waals surface area contributed by atoms with Crippen LogP contribution in [0.25, 0.3) is 5.69 Å². The lowest BCUT2D eigenvalue weighted by Gasteiger charge is -2.06. The van der Waals surface area contributed by atoms with Crippen molar-refractivity contribution in [1.29, 1.82) is 5.26 Å². The highest BCUT2D eigenvalue weighted by atomic mass is 19.1. The van der Waals surface area contributed by atoms with E-state index in [9.17, 15) is 4.39 Å². The Bertz CT molecular complexity index is 568. The first-order valence-electron chi connectivity index (χ1n) is 5.37. The van der Waals surface area contributed by atoms with Gasteiger partial charge in [-0.1, -0.05) is 30.7 Å². The number of rotatable bonds is 3. The molecule has 0 saturated heterocycles. The van der Waals surface area contributed by atoms with E-state index < -0.39 is 0 Å². The van der Waals surface area contributed by atoms with Crippen molar-refractivity contribution in [2.45, 2.75) is 19.8 Å². The van der Waals surface area contributed by atoms with Gasteiger partial charge in [0.25, 0.3) is 0 Å². The molecule has 0 bridgehead atoms. The van der Waals surface area contributed by atoms with E-state index in [0.29, 0.717) is 17.8 Å². The maximum Gasteiger partial charge on any atom is 0.186 e. The van der Waals surface area contributed by atoms with Gasteiger partial charge in [-0.05, 0) is 18.6 Å². The molecule has 86 valence electrons. The minimum Gasteiger partial charge on any atom is -0.213 e. The monoisotopic (exact) mass is 230 g/mol. The maximum absolute atomic E-state index is 13.6. The number of nitriles is 1. The molecule has 17 heavy (non-hydrogen) atoms. The summed E-state index contributed by atoms with van der Waals surface area (Å²) in [6, 6.07) is 8.28. The van der Waals surface area contributed by atoms with Gasteiger partial charge in [-0.25, -0.2) is 9.07 Å². The molecular formula is C12H11FN4. The van der Waals surface area contributed by atoms with Crippen LogP contribution in [0.5, 0.6) is 0 Å². The standard InChI is InChI=1S/C12H11FN4/c1-2-5-12-10(8-14)15-16-17(12)11-7-4-3-6-9(11)13/h3-4,6-7H,2,5H2,1H3. The molecule has 0 fully saturated rings. The van der Waals surface area contributed by atoms with E-state index in [4.69, 9.17) is 5.26 Å². The Balaban J connectivity index is 2.57. The highest BCUT2D eigenvalue weighted by Gasteiger charge is 2.15. The second kappa shape index (κ2) is 4.74. The Morgan fingerprint density at radius 2 is 2.18 bits per heavy atom. The number of benzene rings is 1. The molecule has 0 radical (unpaired) electrons. The van der Waals surface area contributed by atoms with Crippen molar-refractivity contribution in [3.63, 3.8) is 0 Å². The minimum absolute atomic E-state index is 0.259. The number of aromatic nitrogens is 3. The van der Waals surface area contributed by atoms with Gasteiger partial charge in [0.2, 0.25) is 0 Å². The van der Waals surface area contributed by atoms with Gasteiger partial charge in [0.05, 0.1) is 5.69 Å². The number of hydrogen-bond acceptors (Lipinski definition) is 3. The lowest BCUT2D eigenvalue weighted by atomic mass is 10.2. The summed E-state index contributed by atoms with van der Waals surface area (Å²) >= 11 is 0. The SMILES string of the molecule is CCCc1c(C#N)nnn1-c1ccccc1F. The second-order valence-corrected chi connectivity index (χ2v) is 3.61. The molecule has 0 atom stereocenters. The van der Waals surface area contributed by atoms with Gasteiger partial charge in [0.1, 0.15) is 17.6 Å². The summed E-state index contributed by atoms with van der Waals surface area (Å²) in [7, 11) is 0. The van der Waals surface area contributed by atoms with Crippen molar-refractivity contribution in [3.05, 3.63) is 41.5 Å². The van der Waals surface area contributed by atoms with Gasteiger partial charge in [-0.2, -0.15) is 5.26 Å². The molecule has 0 aliphatic heterocycles. The van der Waals surface area contributed by atoms with Crippen LogP contribution in [0.4, 0.5) is 4.39 Å². The number of nitrogens with zero attached hydrogens (tertiary/aromatic N) is 4. The molecule has 0 N–H and O–H groups in total. The Labute approximate surface area is 98.3 Å². The minimum atomic E-state index is -0.376. The molecule has 0 aliphatic carbocycles. The number of para-hydroxylation sites is 1. The summed E-state index contributed by atoms with van der Waals surface area (Å²) in [5, 5.41) is 16.5. The number of hydrogen-bond donors (Lipinski definition) is 0. The van der Waals surface area contributed by atoms with Crippen LogP contribution in [0.1, 0.15) is 24.7 Å². The summed E-state index contributed by atoms with van der Waals surface area (Å²) in [4.78, 5) is 0. The van der Waals surface area contributed by atoms with Gasteiger partial charge in [-0.3, -0.25) is 0 Å². The Hall–Kier alpha value is -2.22. The average Bonchev–Trinajstić information content (AvgIpc) is 2.73. The van der Waals surface area contributed by atoms with Crippen LogP contribution in [0.15, 0.2) is 24.3 Å². The van der Waals surface area contributed by atoms with Crippen molar-refractivity contribution in [2.24, 2.45) is 0 Å². The van der Waals surface area contributed by atoms with E-state index in [2.05, 4.69) is 10.3 Å². The molecule has 0 unspecified atom stereocenters. The van der Waals surface area contributed by atoms with Gasteiger partial charge >= 0.3 is 0 Å². The van der Waals surface area contributed by atoms with Gasteiger partial charge < -0.3 is 0 Å². The largest absolute Gasteiger partial charge is 0.213 e. The summed E-state index contributed by atoms with van der Waals surface area (Å²) < 4.78 is 15.0. The Kier molecular flexibility index (Phi) is 3.15. The lowest BCUT2D eigenvalue weighted by Crippen LogP contribution is -2.05. The molecular weight excluding hydrogens is 219 g/mol. The quantitative estimate of drug-likeness (QED) is 0.812. The van der Waals surface area contributed by atoms with E-state index in [1.165, 1.54) is 10.7 Å². The summed E-state index contributed by atoms with van der Waals surface area (Å²) in [6.45, 7) is 1.99. The molecule has 2 rings (SSSR count). The second-order valence-electron chi connectivity index (χ2n) is 3.61. The highest BCUT2D eigenvalue weighted by molar-refractivity contribution is 5.37. The van der Waals surface area contributed by atoms with Crippen LogP contribution in [0.3, 0.4) is 0 Å². The van der Waals surface area contributed by atoms with E-state index in [1.807, 2.05) is 13.0 Å². The fraction of sp³-hybridized carbons (Fsp3) is 0.250. The average molecular weight is 230 g/mol. The first-order chi connectivity index (χ1) is 8.27. The summed E-state index contributed by atoms with van der Waals surface area (Å²) in [5.74, 6) is -0.376. The smallest absolute Gasteiger partial charge is 0.186 e. The molecule has 0 spiro atoms. The topological polar surface area (TPSA) is 54.5 Å². The van der Waals surface area contributed by atoms with Crippen LogP contribution in [0.2, 0.25) is 0 Å². The van der Waals surface area contributed by atoms with Gasteiger partial charge in [0, 0.05) is 0 Å². The molecule has 4 nitrogen and oxygen atoms in total. The normalized spacial score (nSPS) is 10.2. The lowest BCUT2D eigenvalue weighted by molar-refractivity contribution is 0.601. The zero-order valence-electron chi connectivity index (χ0n) is 9.39. The van der Waals surface area contributed by atoms with Crippen molar-refractivity contribution >= 4 is 0 Å². The molecule has 0 saturated carbocycles. The van der Waals surface area contributed by atoms with Crippen LogP contribution in [-0.4, -0.2) is 15.0 Å². The van der Waals surface area contributed by atoms with Crippen molar-refractivity contribution in [2.75, 3.05) is 0 Å². The molecule has 2 aromatic rings. The molecule has 0 amide bonds. The third-order valence-electron chi connectivity index (χ3n) is 2.44. The fourth-order valence-electron chi connectivity index (χ4n) is 1.67. The molecule has 5 heteroatoms. The first kappa shape index (κ1) is 11.3. The molecule has 1 aromatic heterocycles. The van der Waals surface area contributed by atoms with Crippen LogP contribution in [-0.2, 0) is 6.42 Å². The van der Waals surface area contributed by atoms with Gasteiger partial charge in [0.15, 0.2) is 5.69 Å². The van der Waals surface area contributed by atoms with E-state index >= 15 is 0 Å². The predicted octanol–water partition coefficient (Wildman–Crippen LogP) is 2.23. The molecule has 1 heterocycles. The van der Waals surface area contributed by atoms with Crippen molar-refractivity contribution in [1.82, 2.24) is 15.0 Å². The fourth-order valence-corrected chi connectivity index (χ4v) is 1.67. The van der Waals surface area contributed by atoms with E-state index in [0.717, 1.165) is 6.42 Å². The summed E-state index contributed by atoms with van der Waals surface area (Å²) in [6.07, 6.45) is 1.49. The first-order valence-corrected chi connectivity index (χ1v) is 5.37. The van der Waals surface area contributed by atoms with Crippen molar-refractivity contribution in [3.8, 4) is 11.8 Å². The van der Waals surface area contributed by atoms with Gasteiger partial charge in [-0.15, -0.1) is 5.10 Å².